The van der Waals surface area contributed by atoms with Gasteiger partial charge in [-0.1, -0.05) is 15.9 Å². The van der Waals surface area contributed by atoms with E-state index in [4.69, 9.17) is 5.73 Å². The van der Waals surface area contributed by atoms with E-state index in [1.807, 2.05) is 13.1 Å². The molecule has 2 aromatic rings. The molecule has 3 nitrogen and oxygen atoms in total. The van der Waals surface area contributed by atoms with Crippen LogP contribution in [0.1, 0.15) is 23.7 Å². The van der Waals surface area contributed by atoms with Gasteiger partial charge in [-0.2, -0.15) is 5.10 Å². The zero-order valence-corrected chi connectivity index (χ0v) is 12.0. The number of aromatic nitrogens is 2. The van der Waals surface area contributed by atoms with Crippen molar-refractivity contribution in [3.63, 3.8) is 0 Å². The summed E-state index contributed by atoms with van der Waals surface area (Å²) >= 11 is 3.04. The first-order valence-electron chi connectivity index (χ1n) is 5.86. The van der Waals surface area contributed by atoms with E-state index in [0.29, 0.717) is 17.3 Å². The molecule has 0 aliphatic rings. The summed E-state index contributed by atoms with van der Waals surface area (Å²) in [5.41, 5.74) is 6.80. The van der Waals surface area contributed by atoms with Crippen LogP contribution >= 0.6 is 15.9 Å². The maximum Gasteiger partial charge on any atom is 0.132 e. The van der Waals surface area contributed by atoms with Crippen molar-refractivity contribution in [1.82, 2.24) is 9.78 Å². The second-order valence-corrected chi connectivity index (χ2v) is 5.29. The molecule has 1 aromatic carbocycles. The zero-order valence-electron chi connectivity index (χ0n) is 10.4. The van der Waals surface area contributed by atoms with Gasteiger partial charge in [-0.15, -0.1) is 0 Å². The fourth-order valence-corrected chi connectivity index (χ4v) is 2.40. The molecule has 1 heterocycles. The third-order valence-corrected chi connectivity index (χ3v) is 3.51. The van der Waals surface area contributed by atoms with Gasteiger partial charge in [-0.25, -0.2) is 8.78 Å². The number of hydrogen-bond donors (Lipinski definition) is 1. The highest BCUT2D eigenvalue weighted by atomic mass is 79.9. The molecule has 0 amide bonds. The summed E-state index contributed by atoms with van der Waals surface area (Å²) in [5, 5.41) is 4.04. The summed E-state index contributed by atoms with van der Waals surface area (Å²) in [4.78, 5) is 0. The van der Waals surface area contributed by atoms with E-state index in [2.05, 4.69) is 21.0 Å². The van der Waals surface area contributed by atoms with Crippen LogP contribution in [0.15, 0.2) is 28.9 Å². The van der Waals surface area contributed by atoms with Crippen LogP contribution in [0.4, 0.5) is 8.78 Å². The fraction of sp³-hybridized carbons (Fsp3) is 0.308. The molecule has 0 saturated heterocycles. The van der Waals surface area contributed by atoms with E-state index >= 15 is 0 Å². The summed E-state index contributed by atoms with van der Waals surface area (Å²) in [7, 11) is 1.82. The molecule has 0 saturated carbocycles. The van der Waals surface area contributed by atoms with Crippen molar-refractivity contribution in [3.8, 4) is 0 Å². The first kappa shape index (κ1) is 14.1. The van der Waals surface area contributed by atoms with Gasteiger partial charge < -0.3 is 5.73 Å². The van der Waals surface area contributed by atoms with Crippen molar-refractivity contribution in [2.45, 2.75) is 18.9 Å². The molecule has 0 aliphatic heterocycles. The minimum Gasteiger partial charge on any atom is -0.324 e. The number of benzene rings is 1. The van der Waals surface area contributed by atoms with Gasteiger partial charge in [-0.3, -0.25) is 4.68 Å². The molecule has 6 heteroatoms. The number of nitrogens with zero attached hydrogens (tertiary/aromatic N) is 2. The van der Waals surface area contributed by atoms with E-state index in [1.54, 1.807) is 10.9 Å². The quantitative estimate of drug-likeness (QED) is 0.936. The van der Waals surface area contributed by atoms with Crippen LogP contribution in [-0.4, -0.2) is 9.78 Å². The predicted molar refractivity (Wildman–Crippen MR) is 72.5 cm³/mol. The summed E-state index contributed by atoms with van der Waals surface area (Å²) in [6, 6.07) is 3.63. The summed E-state index contributed by atoms with van der Waals surface area (Å²) in [5.74, 6) is -1.24. The van der Waals surface area contributed by atoms with Crippen LogP contribution in [0.25, 0.3) is 0 Å². The molecular weight excluding hydrogens is 316 g/mol. The number of hydrogen-bond acceptors (Lipinski definition) is 2. The molecule has 2 rings (SSSR count). The molecule has 0 fully saturated rings. The van der Waals surface area contributed by atoms with Crippen molar-refractivity contribution < 1.29 is 8.78 Å². The fourth-order valence-electron chi connectivity index (χ4n) is 2.00. The Morgan fingerprint density at radius 2 is 2.00 bits per heavy atom. The van der Waals surface area contributed by atoms with E-state index in [1.165, 1.54) is 12.1 Å². The molecule has 1 aromatic heterocycles. The lowest BCUT2D eigenvalue weighted by Gasteiger charge is -2.14. The highest BCUT2D eigenvalue weighted by molar-refractivity contribution is 9.10. The third-order valence-electron chi connectivity index (χ3n) is 3.05. The molecule has 1 atom stereocenters. The Balaban J connectivity index is 2.12. The average molecular weight is 330 g/mol. The first-order chi connectivity index (χ1) is 8.99. The smallest absolute Gasteiger partial charge is 0.132 e. The molecule has 2 N–H and O–H groups in total. The van der Waals surface area contributed by atoms with Crippen molar-refractivity contribution in [1.29, 1.82) is 0 Å². The molecule has 1 unspecified atom stereocenters. The van der Waals surface area contributed by atoms with Gasteiger partial charge in [0, 0.05) is 35.0 Å². The number of halogens is 3. The number of aryl methyl sites for hydroxylation is 2. The van der Waals surface area contributed by atoms with Crippen LogP contribution in [0.5, 0.6) is 0 Å². The van der Waals surface area contributed by atoms with E-state index in [-0.39, 0.29) is 5.56 Å². The molecule has 102 valence electrons. The minimum absolute atomic E-state index is 0.0645. The molecule has 0 spiro atoms. The van der Waals surface area contributed by atoms with Crippen LogP contribution in [0, 0.1) is 11.6 Å². The topological polar surface area (TPSA) is 43.8 Å². The van der Waals surface area contributed by atoms with Gasteiger partial charge in [0.1, 0.15) is 11.6 Å². The number of rotatable bonds is 4. The third kappa shape index (κ3) is 3.19. The van der Waals surface area contributed by atoms with Crippen LogP contribution in [0.2, 0.25) is 0 Å². The average Bonchev–Trinajstić information content (AvgIpc) is 2.70. The molecule has 0 radical (unpaired) electrons. The molecule has 0 bridgehead atoms. The van der Waals surface area contributed by atoms with Gasteiger partial charge in [0.25, 0.3) is 0 Å². The van der Waals surface area contributed by atoms with Crippen molar-refractivity contribution >= 4 is 15.9 Å². The Hall–Kier alpha value is -1.27. The molecule has 0 aliphatic carbocycles. The van der Waals surface area contributed by atoms with Crippen LogP contribution < -0.4 is 5.73 Å². The van der Waals surface area contributed by atoms with Crippen molar-refractivity contribution in [2.75, 3.05) is 0 Å². The van der Waals surface area contributed by atoms with Gasteiger partial charge in [-0.05, 0) is 31.0 Å². The monoisotopic (exact) mass is 329 g/mol. The second kappa shape index (κ2) is 5.79. The van der Waals surface area contributed by atoms with Gasteiger partial charge in [0.2, 0.25) is 0 Å². The van der Waals surface area contributed by atoms with Crippen molar-refractivity contribution in [3.05, 3.63) is 51.8 Å². The highest BCUT2D eigenvalue weighted by Crippen LogP contribution is 2.26. The number of nitrogens with two attached hydrogens (primary N) is 1. The maximum atomic E-state index is 13.7. The summed E-state index contributed by atoms with van der Waals surface area (Å²) in [6.45, 7) is 0. The van der Waals surface area contributed by atoms with E-state index in [0.717, 1.165) is 5.69 Å². The Kier molecular flexibility index (Phi) is 4.31. The van der Waals surface area contributed by atoms with Gasteiger partial charge in [0.05, 0.1) is 0 Å². The Morgan fingerprint density at radius 1 is 1.37 bits per heavy atom. The molecular formula is C13H14BrF2N3. The van der Waals surface area contributed by atoms with Crippen LogP contribution in [-0.2, 0) is 13.5 Å². The predicted octanol–water partition coefficient (Wildman–Crippen LogP) is 3.09. The van der Waals surface area contributed by atoms with Gasteiger partial charge >= 0.3 is 0 Å². The first-order valence-corrected chi connectivity index (χ1v) is 6.65. The normalized spacial score (nSPS) is 12.7. The second-order valence-electron chi connectivity index (χ2n) is 4.37. The summed E-state index contributed by atoms with van der Waals surface area (Å²) < 4.78 is 29.6. The minimum atomic E-state index is -0.678. The Labute approximate surface area is 118 Å². The van der Waals surface area contributed by atoms with Gasteiger partial charge in [0.15, 0.2) is 0 Å². The van der Waals surface area contributed by atoms with E-state index < -0.39 is 17.7 Å². The lowest BCUT2D eigenvalue weighted by Crippen LogP contribution is -2.16. The highest BCUT2D eigenvalue weighted by Gasteiger charge is 2.18. The molecule has 19 heavy (non-hydrogen) atoms. The standard InChI is InChI=1S/C13H14BrF2N3/c1-19-9(4-5-18-19)2-3-12(17)13-10(15)6-8(14)7-11(13)16/h4-7,12H,2-3,17H2,1H3. The summed E-state index contributed by atoms with van der Waals surface area (Å²) in [6.07, 6.45) is 2.75. The van der Waals surface area contributed by atoms with Crippen molar-refractivity contribution in [2.24, 2.45) is 12.8 Å². The maximum absolute atomic E-state index is 13.7. The lowest BCUT2D eigenvalue weighted by molar-refractivity contribution is 0.507. The van der Waals surface area contributed by atoms with E-state index in [9.17, 15) is 8.78 Å². The lowest BCUT2D eigenvalue weighted by atomic mass is 10.0. The Bertz CT molecular complexity index is 560. The Morgan fingerprint density at radius 3 is 2.53 bits per heavy atom. The SMILES string of the molecule is Cn1nccc1CCC(N)c1c(F)cc(Br)cc1F. The largest absolute Gasteiger partial charge is 0.324 e. The van der Waals surface area contributed by atoms with Crippen LogP contribution in [0.3, 0.4) is 0 Å². The zero-order chi connectivity index (χ0) is 14.0.